The van der Waals surface area contributed by atoms with Crippen LogP contribution in [-0.2, 0) is 16.0 Å². The summed E-state index contributed by atoms with van der Waals surface area (Å²) >= 11 is 0. The van der Waals surface area contributed by atoms with Crippen molar-refractivity contribution in [3.05, 3.63) is 53.9 Å². The van der Waals surface area contributed by atoms with Crippen molar-refractivity contribution >= 4 is 17.3 Å². The maximum absolute atomic E-state index is 13.4. The number of morpholine rings is 1. The molecule has 3 aromatic rings. The zero-order chi connectivity index (χ0) is 25.8. The van der Waals surface area contributed by atoms with E-state index in [1.54, 1.807) is 7.11 Å². The first-order valence-corrected chi connectivity index (χ1v) is 12.8. The zero-order valence-corrected chi connectivity index (χ0v) is 21.8. The van der Waals surface area contributed by atoms with Gasteiger partial charge in [0.05, 0.1) is 43.8 Å². The molecule has 37 heavy (non-hydrogen) atoms. The number of hydrogen-bond donors (Lipinski definition) is 2. The van der Waals surface area contributed by atoms with Crippen LogP contribution in [0.5, 0.6) is 11.5 Å². The van der Waals surface area contributed by atoms with Crippen LogP contribution < -0.4 is 19.7 Å². The number of rotatable bonds is 8. The molecule has 9 nitrogen and oxygen atoms in total. The highest BCUT2D eigenvalue weighted by molar-refractivity contribution is 5.97. The predicted molar refractivity (Wildman–Crippen MR) is 144 cm³/mol. The number of amides is 1. The van der Waals surface area contributed by atoms with Crippen molar-refractivity contribution in [2.24, 2.45) is 5.92 Å². The smallest absolute Gasteiger partial charge is 0.231 e. The fourth-order valence-electron chi connectivity index (χ4n) is 4.90. The van der Waals surface area contributed by atoms with Crippen LogP contribution in [0.1, 0.15) is 11.3 Å². The van der Waals surface area contributed by atoms with Gasteiger partial charge in [0.2, 0.25) is 5.91 Å². The molecule has 0 bridgehead atoms. The Kier molecular flexibility index (Phi) is 7.62. The van der Waals surface area contributed by atoms with Gasteiger partial charge in [-0.2, -0.15) is 5.10 Å². The van der Waals surface area contributed by atoms with Crippen LogP contribution in [-0.4, -0.2) is 81.2 Å². The average Bonchev–Trinajstić information content (AvgIpc) is 3.37. The maximum Gasteiger partial charge on any atom is 0.231 e. The molecule has 0 radical (unpaired) electrons. The first-order valence-electron chi connectivity index (χ1n) is 12.8. The van der Waals surface area contributed by atoms with E-state index in [9.17, 15) is 4.79 Å². The van der Waals surface area contributed by atoms with Gasteiger partial charge in [0, 0.05) is 44.5 Å². The topological polar surface area (TPSA) is 91.9 Å². The van der Waals surface area contributed by atoms with Crippen LogP contribution in [0, 0.1) is 12.8 Å². The molecule has 2 aromatic carbocycles. The van der Waals surface area contributed by atoms with Gasteiger partial charge in [0.15, 0.2) is 0 Å². The van der Waals surface area contributed by atoms with E-state index in [2.05, 4.69) is 38.4 Å². The van der Waals surface area contributed by atoms with Crippen molar-refractivity contribution in [1.82, 2.24) is 15.1 Å². The van der Waals surface area contributed by atoms with Crippen molar-refractivity contribution in [3.8, 4) is 22.6 Å². The molecule has 196 valence electrons. The highest BCUT2D eigenvalue weighted by Gasteiger charge is 2.27. The number of aryl methyl sites for hydroxylation is 1. The number of aromatic amines is 1. The molecule has 0 spiro atoms. The minimum Gasteiger partial charge on any atom is -0.497 e. The fraction of sp³-hybridized carbons (Fsp3) is 0.429. The summed E-state index contributed by atoms with van der Waals surface area (Å²) < 4.78 is 16.7. The van der Waals surface area contributed by atoms with Crippen molar-refractivity contribution in [2.75, 3.05) is 70.4 Å². The molecule has 2 N–H and O–H groups in total. The predicted octanol–water partition coefficient (Wildman–Crippen LogP) is 3.35. The Labute approximate surface area is 217 Å². The minimum absolute atomic E-state index is 0.0523. The molecular weight excluding hydrogens is 470 g/mol. The van der Waals surface area contributed by atoms with Gasteiger partial charge in [0.1, 0.15) is 18.1 Å². The van der Waals surface area contributed by atoms with Gasteiger partial charge in [-0.25, -0.2) is 0 Å². The van der Waals surface area contributed by atoms with Crippen LogP contribution in [0.2, 0.25) is 0 Å². The average molecular weight is 506 g/mol. The van der Waals surface area contributed by atoms with Crippen molar-refractivity contribution in [1.29, 1.82) is 0 Å². The van der Waals surface area contributed by atoms with E-state index in [4.69, 9.17) is 14.2 Å². The summed E-state index contributed by atoms with van der Waals surface area (Å²) in [4.78, 5) is 18.0. The Morgan fingerprint density at radius 1 is 1.24 bits per heavy atom. The number of methoxy groups -OCH3 is 1. The van der Waals surface area contributed by atoms with Crippen molar-refractivity contribution in [3.63, 3.8) is 0 Å². The largest absolute Gasteiger partial charge is 0.497 e. The number of likely N-dealkylation sites (N-methyl/N-ethyl adjacent to an activating group) is 1. The fourth-order valence-corrected chi connectivity index (χ4v) is 4.90. The van der Waals surface area contributed by atoms with Gasteiger partial charge in [-0.05, 0) is 54.8 Å². The molecule has 1 amide bonds. The van der Waals surface area contributed by atoms with E-state index in [1.807, 2.05) is 43.5 Å². The molecule has 1 aromatic heterocycles. The second-order valence-corrected chi connectivity index (χ2v) is 9.69. The third-order valence-electron chi connectivity index (χ3n) is 7.21. The number of hydrogen-bond acceptors (Lipinski definition) is 7. The number of H-pyrrole nitrogens is 1. The third-order valence-corrected chi connectivity index (χ3v) is 7.21. The summed E-state index contributed by atoms with van der Waals surface area (Å²) in [6.07, 6.45) is 2.44. The first kappa shape index (κ1) is 25.1. The lowest BCUT2D eigenvalue weighted by molar-refractivity contribution is -0.121. The monoisotopic (exact) mass is 505 g/mol. The lowest BCUT2D eigenvalue weighted by Gasteiger charge is -2.30. The summed E-state index contributed by atoms with van der Waals surface area (Å²) in [5.41, 5.74) is 5.85. The lowest BCUT2D eigenvalue weighted by Crippen LogP contribution is -2.41. The van der Waals surface area contributed by atoms with E-state index in [1.165, 1.54) is 0 Å². The number of fused-ring (bicyclic) bond motifs is 1. The molecular formula is C28H35N5O4. The highest BCUT2D eigenvalue weighted by atomic mass is 16.5. The minimum atomic E-state index is -0.290. The number of ether oxygens (including phenoxy) is 3. The standard InChI is InChI=1S/C28H35N5O4/c1-19-24(17-29-31-19)20-4-6-25(26(16-20)32(2)8-9-33-10-12-36-13-11-33)30-28(34)22-14-21-15-23(35-3)5-7-27(21)37-18-22/h4-7,15-17,22H,8-14,18H2,1-3H3,(H,29,31)(H,30,34). The molecule has 2 aliphatic heterocycles. The Balaban J connectivity index is 1.35. The van der Waals surface area contributed by atoms with Crippen LogP contribution in [0.15, 0.2) is 42.6 Å². The Morgan fingerprint density at radius 3 is 2.84 bits per heavy atom. The number of nitrogens with zero attached hydrogens (tertiary/aromatic N) is 3. The summed E-state index contributed by atoms with van der Waals surface area (Å²) in [7, 11) is 3.71. The summed E-state index contributed by atoms with van der Waals surface area (Å²) in [5.74, 6) is 1.23. The Morgan fingerprint density at radius 2 is 2.08 bits per heavy atom. The zero-order valence-electron chi connectivity index (χ0n) is 21.8. The first-order chi connectivity index (χ1) is 18.0. The van der Waals surface area contributed by atoms with Gasteiger partial charge in [0.25, 0.3) is 0 Å². The maximum atomic E-state index is 13.4. The summed E-state index contributed by atoms with van der Waals surface area (Å²) in [5, 5.41) is 10.4. The molecule has 0 saturated carbocycles. The SMILES string of the molecule is COc1ccc2c(c1)CC(C(=O)Nc1ccc(-c3cn[nH]c3C)cc1N(C)CCN1CCOCC1)CO2. The molecule has 1 fully saturated rings. The summed E-state index contributed by atoms with van der Waals surface area (Å²) in [6.45, 7) is 7.56. The van der Waals surface area contributed by atoms with E-state index >= 15 is 0 Å². The molecule has 1 atom stereocenters. The molecule has 1 unspecified atom stereocenters. The number of anilines is 2. The number of benzene rings is 2. The van der Waals surface area contributed by atoms with Gasteiger partial charge < -0.3 is 24.4 Å². The van der Waals surface area contributed by atoms with Crippen LogP contribution >= 0.6 is 0 Å². The van der Waals surface area contributed by atoms with E-state index in [-0.39, 0.29) is 11.8 Å². The van der Waals surface area contributed by atoms with Crippen molar-refractivity contribution in [2.45, 2.75) is 13.3 Å². The van der Waals surface area contributed by atoms with Crippen molar-refractivity contribution < 1.29 is 19.0 Å². The lowest BCUT2D eigenvalue weighted by atomic mass is 9.95. The molecule has 0 aliphatic carbocycles. The molecule has 5 rings (SSSR count). The molecule has 2 aliphatic rings. The highest BCUT2D eigenvalue weighted by Crippen LogP contribution is 2.34. The van der Waals surface area contributed by atoms with E-state index in [0.29, 0.717) is 13.0 Å². The van der Waals surface area contributed by atoms with Crippen LogP contribution in [0.25, 0.3) is 11.1 Å². The summed E-state index contributed by atoms with van der Waals surface area (Å²) in [6, 6.07) is 11.9. The third kappa shape index (κ3) is 5.73. The Hall–Kier alpha value is -3.56. The number of nitrogens with one attached hydrogen (secondary N) is 2. The molecule has 9 heteroatoms. The van der Waals surface area contributed by atoms with Crippen LogP contribution in [0.4, 0.5) is 11.4 Å². The normalized spacial score (nSPS) is 17.5. The molecule has 1 saturated heterocycles. The second kappa shape index (κ2) is 11.2. The van der Waals surface area contributed by atoms with E-state index < -0.39 is 0 Å². The van der Waals surface area contributed by atoms with Gasteiger partial charge in [-0.1, -0.05) is 6.07 Å². The number of aromatic nitrogens is 2. The van der Waals surface area contributed by atoms with Crippen LogP contribution in [0.3, 0.4) is 0 Å². The Bertz CT molecular complexity index is 1240. The quantitative estimate of drug-likeness (QED) is 0.485. The van der Waals surface area contributed by atoms with E-state index in [0.717, 1.165) is 84.7 Å². The van der Waals surface area contributed by atoms with Gasteiger partial charge in [-0.3, -0.25) is 14.8 Å². The number of carbonyl (C=O) groups excluding carboxylic acids is 1. The number of carbonyl (C=O) groups is 1. The molecule has 3 heterocycles. The second-order valence-electron chi connectivity index (χ2n) is 9.69. The van der Waals surface area contributed by atoms with Gasteiger partial charge in [-0.15, -0.1) is 0 Å². The van der Waals surface area contributed by atoms with Gasteiger partial charge >= 0.3 is 0 Å².